The van der Waals surface area contributed by atoms with Gasteiger partial charge in [-0.3, -0.25) is 4.79 Å². The zero-order valence-corrected chi connectivity index (χ0v) is 6.70. The Kier molecular flexibility index (Phi) is 2.84. The largest absolute Gasteiger partial charge is 0.457 e. The second kappa shape index (κ2) is 3.69. The number of rotatable bonds is 2. The van der Waals surface area contributed by atoms with Crippen LogP contribution in [0.3, 0.4) is 0 Å². The van der Waals surface area contributed by atoms with Crippen molar-refractivity contribution in [1.82, 2.24) is 0 Å². The molecule has 0 aliphatic carbocycles. The number of hydrogen-bond acceptors (Lipinski definition) is 4. The first-order valence-electron chi connectivity index (χ1n) is 3.60. The maximum Gasteiger partial charge on any atom is 0.303 e. The second-order valence-electron chi connectivity index (χ2n) is 2.42. The van der Waals surface area contributed by atoms with Crippen LogP contribution in [0.25, 0.3) is 0 Å². The molecular formula is C7H12O4. The molecule has 1 aliphatic rings. The minimum atomic E-state index is -0.376. The molecule has 1 heterocycles. The molecule has 1 fully saturated rings. The van der Waals surface area contributed by atoms with Crippen LogP contribution in [0, 0.1) is 0 Å². The van der Waals surface area contributed by atoms with Crippen molar-refractivity contribution in [3.05, 3.63) is 0 Å². The van der Waals surface area contributed by atoms with Crippen molar-refractivity contribution in [2.75, 3.05) is 13.2 Å². The average Bonchev–Trinajstić information content (AvgIpc) is 2.35. The number of hydrogen-bond donors (Lipinski definition) is 0. The van der Waals surface area contributed by atoms with E-state index in [4.69, 9.17) is 14.2 Å². The fraction of sp³-hybridized carbons (Fsp3) is 0.857. The molecule has 1 unspecified atom stereocenters. The van der Waals surface area contributed by atoms with E-state index >= 15 is 0 Å². The van der Waals surface area contributed by atoms with Crippen LogP contribution in [0.5, 0.6) is 0 Å². The topological polar surface area (TPSA) is 44.8 Å². The van der Waals surface area contributed by atoms with Gasteiger partial charge in [-0.1, -0.05) is 0 Å². The highest BCUT2D eigenvalue weighted by molar-refractivity contribution is 5.66. The molecule has 64 valence electrons. The number of esters is 1. The van der Waals surface area contributed by atoms with E-state index in [2.05, 4.69) is 0 Å². The lowest BCUT2D eigenvalue weighted by atomic mass is 10.4. The van der Waals surface area contributed by atoms with Gasteiger partial charge in [0.05, 0.1) is 13.2 Å². The molecule has 0 spiro atoms. The van der Waals surface area contributed by atoms with Gasteiger partial charge < -0.3 is 14.2 Å². The van der Waals surface area contributed by atoms with E-state index in [1.165, 1.54) is 6.92 Å². The Bertz CT molecular complexity index is 139. The van der Waals surface area contributed by atoms with Crippen LogP contribution in [0.1, 0.15) is 13.8 Å². The Balaban J connectivity index is 2.28. The zero-order chi connectivity index (χ0) is 8.27. The minimum Gasteiger partial charge on any atom is -0.457 e. The molecule has 0 aromatic carbocycles. The zero-order valence-electron chi connectivity index (χ0n) is 6.70. The summed E-state index contributed by atoms with van der Waals surface area (Å²) in [5.74, 6) is -0.309. The highest BCUT2D eigenvalue weighted by Gasteiger charge is 2.24. The van der Waals surface area contributed by atoms with Crippen LogP contribution in [0.4, 0.5) is 0 Å². The maximum atomic E-state index is 10.5. The highest BCUT2D eigenvalue weighted by Crippen LogP contribution is 2.10. The molecule has 0 saturated carbocycles. The summed E-state index contributed by atoms with van der Waals surface area (Å²) in [6.45, 7) is 4.27. The normalized spacial score (nSPS) is 21.6. The van der Waals surface area contributed by atoms with E-state index < -0.39 is 0 Å². The van der Waals surface area contributed by atoms with Crippen molar-refractivity contribution in [3.8, 4) is 0 Å². The van der Waals surface area contributed by atoms with Crippen LogP contribution < -0.4 is 0 Å². The van der Waals surface area contributed by atoms with E-state index in [9.17, 15) is 4.79 Å². The number of ether oxygens (including phenoxy) is 3. The summed E-state index contributed by atoms with van der Waals surface area (Å²) in [7, 11) is 0. The Morgan fingerprint density at radius 2 is 2.09 bits per heavy atom. The minimum absolute atomic E-state index is 0.309. The average molecular weight is 160 g/mol. The number of carbonyl (C=O) groups is 1. The molecule has 0 amide bonds. The Morgan fingerprint density at radius 1 is 1.55 bits per heavy atom. The molecular weight excluding hydrogens is 148 g/mol. The molecule has 0 bridgehead atoms. The van der Waals surface area contributed by atoms with Gasteiger partial charge >= 0.3 is 5.97 Å². The molecule has 1 atom stereocenters. The third-order valence-corrected chi connectivity index (χ3v) is 1.38. The van der Waals surface area contributed by atoms with Crippen molar-refractivity contribution in [2.45, 2.75) is 26.2 Å². The summed E-state index contributed by atoms with van der Waals surface area (Å²) < 4.78 is 15.1. The van der Waals surface area contributed by atoms with Crippen molar-refractivity contribution < 1.29 is 19.0 Å². The smallest absolute Gasteiger partial charge is 0.303 e. The molecule has 0 aromatic heterocycles. The van der Waals surface area contributed by atoms with Gasteiger partial charge in [0, 0.05) is 6.92 Å². The van der Waals surface area contributed by atoms with Gasteiger partial charge in [0.15, 0.2) is 6.29 Å². The first-order valence-corrected chi connectivity index (χ1v) is 3.60. The van der Waals surface area contributed by atoms with Gasteiger partial charge in [0.25, 0.3) is 0 Å². The summed E-state index contributed by atoms with van der Waals surface area (Å²) in [6.07, 6.45) is -0.686. The SMILES string of the molecule is CC(=O)OC(C)C1OCCO1. The predicted octanol–water partition coefficient (Wildman–Crippen LogP) is 0.311. The molecule has 11 heavy (non-hydrogen) atoms. The van der Waals surface area contributed by atoms with E-state index in [1.807, 2.05) is 0 Å². The van der Waals surface area contributed by atoms with E-state index in [1.54, 1.807) is 6.92 Å². The van der Waals surface area contributed by atoms with E-state index in [0.717, 1.165) is 0 Å². The maximum absolute atomic E-state index is 10.5. The molecule has 1 rings (SSSR count). The second-order valence-corrected chi connectivity index (χ2v) is 2.42. The van der Waals surface area contributed by atoms with Gasteiger partial charge in [0.2, 0.25) is 0 Å². The van der Waals surface area contributed by atoms with E-state index in [-0.39, 0.29) is 18.4 Å². The first kappa shape index (κ1) is 8.49. The Hall–Kier alpha value is -0.610. The fourth-order valence-electron chi connectivity index (χ4n) is 0.965. The van der Waals surface area contributed by atoms with Crippen LogP contribution in [0.2, 0.25) is 0 Å². The van der Waals surface area contributed by atoms with Crippen LogP contribution in [-0.2, 0) is 19.0 Å². The van der Waals surface area contributed by atoms with Crippen molar-refractivity contribution in [1.29, 1.82) is 0 Å². The summed E-state index contributed by atoms with van der Waals surface area (Å²) in [6, 6.07) is 0. The molecule has 1 saturated heterocycles. The fourth-order valence-corrected chi connectivity index (χ4v) is 0.965. The van der Waals surface area contributed by atoms with Crippen molar-refractivity contribution in [2.24, 2.45) is 0 Å². The summed E-state index contributed by atoms with van der Waals surface area (Å²) in [5, 5.41) is 0. The Morgan fingerprint density at radius 3 is 2.55 bits per heavy atom. The van der Waals surface area contributed by atoms with Gasteiger partial charge in [-0.25, -0.2) is 0 Å². The molecule has 0 N–H and O–H groups in total. The van der Waals surface area contributed by atoms with Gasteiger partial charge in [0.1, 0.15) is 6.10 Å². The molecule has 4 heteroatoms. The standard InChI is InChI=1S/C7H12O4/c1-5(11-6(2)8)7-9-3-4-10-7/h5,7H,3-4H2,1-2H3. The highest BCUT2D eigenvalue weighted by atomic mass is 16.7. The lowest BCUT2D eigenvalue weighted by Gasteiger charge is -2.16. The van der Waals surface area contributed by atoms with Crippen LogP contribution in [0.15, 0.2) is 0 Å². The van der Waals surface area contributed by atoms with Gasteiger partial charge in [-0.05, 0) is 6.92 Å². The molecule has 4 nitrogen and oxygen atoms in total. The van der Waals surface area contributed by atoms with Crippen LogP contribution >= 0.6 is 0 Å². The third-order valence-electron chi connectivity index (χ3n) is 1.38. The van der Waals surface area contributed by atoms with Gasteiger partial charge in [-0.2, -0.15) is 0 Å². The Labute approximate surface area is 65.4 Å². The summed E-state index contributed by atoms with van der Waals surface area (Å²) >= 11 is 0. The van der Waals surface area contributed by atoms with E-state index in [0.29, 0.717) is 13.2 Å². The van der Waals surface area contributed by atoms with Crippen molar-refractivity contribution in [3.63, 3.8) is 0 Å². The van der Waals surface area contributed by atoms with Crippen LogP contribution in [-0.4, -0.2) is 31.6 Å². The van der Waals surface area contributed by atoms with Crippen molar-refractivity contribution >= 4 is 5.97 Å². The molecule has 0 aromatic rings. The summed E-state index contributed by atoms with van der Waals surface area (Å²) in [5.41, 5.74) is 0. The number of carbonyl (C=O) groups excluding carboxylic acids is 1. The third kappa shape index (κ3) is 2.48. The molecule has 1 aliphatic heterocycles. The summed E-state index contributed by atoms with van der Waals surface area (Å²) in [4.78, 5) is 10.5. The van der Waals surface area contributed by atoms with Gasteiger partial charge in [-0.15, -0.1) is 0 Å². The monoisotopic (exact) mass is 160 g/mol. The first-order chi connectivity index (χ1) is 5.20. The quantitative estimate of drug-likeness (QED) is 0.545. The molecule has 0 radical (unpaired) electrons. The predicted molar refractivity (Wildman–Crippen MR) is 36.9 cm³/mol. The lowest BCUT2D eigenvalue weighted by molar-refractivity contribution is -0.168. The lowest BCUT2D eigenvalue weighted by Crippen LogP contribution is -2.28.